The van der Waals surface area contributed by atoms with Crippen molar-refractivity contribution in [1.29, 1.82) is 5.26 Å². The van der Waals surface area contributed by atoms with Crippen LogP contribution in [0.4, 0.5) is 5.69 Å². The van der Waals surface area contributed by atoms with Crippen molar-refractivity contribution in [2.75, 3.05) is 12.1 Å². The summed E-state index contributed by atoms with van der Waals surface area (Å²) < 4.78 is 5.82. The van der Waals surface area contributed by atoms with Crippen molar-refractivity contribution in [2.24, 2.45) is 5.10 Å². The highest BCUT2D eigenvalue weighted by Gasteiger charge is 2.18. The molecule has 0 aliphatic carbocycles. The molecule has 12 heteroatoms. The van der Waals surface area contributed by atoms with Crippen molar-refractivity contribution >= 4 is 57.7 Å². The van der Waals surface area contributed by atoms with Crippen LogP contribution in [0.25, 0.3) is 10.8 Å². The van der Waals surface area contributed by atoms with Crippen LogP contribution in [0.1, 0.15) is 5.56 Å². The average molecular weight is 473 g/mol. The Balaban J connectivity index is 1.98. The molecule has 0 aliphatic rings. The molecule has 0 aliphatic heterocycles. The molecule has 0 unspecified atom stereocenters. The van der Waals surface area contributed by atoms with Crippen LogP contribution in [0.2, 0.25) is 10.0 Å². The minimum atomic E-state index is -0.960. The van der Waals surface area contributed by atoms with Crippen LogP contribution >= 0.6 is 23.2 Å². The number of imide groups is 1. The Hall–Kier alpha value is -3.94. The maximum atomic E-state index is 12.1. The molecule has 1 aromatic heterocycles. The van der Waals surface area contributed by atoms with E-state index in [0.717, 1.165) is 5.56 Å². The molecule has 0 spiro atoms. The molecule has 1 heterocycles. The SMILES string of the molecule is Cc1cccc2c(Oc3c(Cl)cc(N(C)/N=C(/C#N)C(=O)NC=O)cc3Cl)n[nH]c(=O)c12. The Morgan fingerprint density at radius 3 is 2.66 bits per heavy atom. The summed E-state index contributed by atoms with van der Waals surface area (Å²) >= 11 is 12.7. The molecule has 2 amide bonds. The van der Waals surface area contributed by atoms with Crippen molar-refractivity contribution in [2.45, 2.75) is 6.92 Å². The molecule has 10 nitrogen and oxygen atoms in total. The molecule has 0 atom stereocenters. The minimum absolute atomic E-state index is 0.0797. The lowest BCUT2D eigenvalue weighted by atomic mass is 10.1. The molecule has 0 radical (unpaired) electrons. The van der Waals surface area contributed by atoms with Crippen LogP contribution in [0.15, 0.2) is 40.2 Å². The van der Waals surface area contributed by atoms with E-state index in [0.29, 0.717) is 16.5 Å². The van der Waals surface area contributed by atoms with E-state index in [1.807, 2.05) is 5.32 Å². The van der Waals surface area contributed by atoms with Gasteiger partial charge < -0.3 is 4.74 Å². The Bertz CT molecular complexity index is 1340. The lowest BCUT2D eigenvalue weighted by Crippen LogP contribution is -2.30. The number of carbonyl (C=O) groups excluding carboxylic acids is 2. The summed E-state index contributed by atoms with van der Waals surface area (Å²) in [6, 6.07) is 9.72. The summed E-state index contributed by atoms with van der Waals surface area (Å²) in [4.78, 5) is 34.2. The minimum Gasteiger partial charge on any atom is -0.434 e. The standard InChI is InChI=1S/C20H14Cl2N6O4/c1-10-4-3-5-12-16(10)19(31)25-26-20(12)32-17-13(21)6-11(7-14(17)22)28(2)27-15(8-23)18(30)24-9-29/h3-7,9H,1-2H3,(H,25,31)(H,24,29,30)/b27-15-. The van der Waals surface area contributed by atoms with Gasteiger partial charge in [-0.2, -0.15) is 10.4 Å². The number of rotatable bonds is 6. The van der Waals surface area contributed by atoms with Gasteiger partial charge in [-0.05, 0) is 30.7 Å². The number of hydrogen-bond acceptors (Lipinski definition) is 8. The number of aryl methyl sites for hydroxylation is 1. The lowest BCUT2D eigenvalue weighted by molar-refractivity contribution is -0.120. The van der Waals surface area contributed by atoms with E-state index < -0.39 is 11.6 Å². The second kappa shape index (κ2) is 9.47. The van der Waals surface area contributed by atoms with Crippen molar-refractivity contribution in [3.63, 3.8) is 0 Å². The topological polar surface area (TPSA) is 141 Å². The third-order valence-electron chi connectivity index (χ3n) is 4.31. The highest BCUT2D eigenvalue weighted by molar-refractivity contribution is 6.46. The lowest BCUT2D eigenvalue weighted by Gasteiger charge is -2.17. The zero-order valence-corrected chi connectivity index (χ0v) is 18.2. The zero-order chi connectivity index (χ0) is 23.4. The molecule has 32 heavy (non-hydrogen) atoms. The zero-order valence-electron chi connectivity index (χ0n) is 16.6. The number of aromatic nitrogens is 2. The number of anilines is 1. The first-order valence-corrected chi connectivity index (χ1v) is 9.64. The van der Waals surface area contributed by atoms with Crippen LogP contribution < -0.4 is 20.6 Å². The van der Waals surface area contributed by atoms with Gasteiger partial charge in [-0.25, -0.2) is 5.10 Å². The largest absolute Gasteiger partial charge is 0.434 e. The molecule has 0 bridgehead atoms. The fraction of sp³-hybridized carbons (Fsp3) is 0.100. The number of benzene rings is 2. The number of aromatic amines is 1. The van der Waals surface area contributed by atoms with Gasteiger partial charge in [0.05, 0.1) is 26.5 Å². The van der Waals surface area contributed by atoms with Gasteiger partial charge in [-0.3, -0.25) is 24.7 Å². The Kier molecular flexibility index (Phi) is 6.73. The smallest absolute Gasteiger partial charge is 0.288 e. The van der Waals surface area contributed by atoms with Gasteiger partial charge in [-0.15, -0.1) is 5.10 Å². The van der Waals surface area contributed by atoms with Gasteiger partial charge >= 0.3 is 0 Å². The number of nitrogens with one attached hydrogen (secondary N) is 2. The van der Waals surface area contributed by atoms with Crippen LogP contribution in [0.3, 0.4) is 0 Å². The quantitative estimate of drug-likeness (QED) is 0.319. The molecule has 0 saturated carbocycles. The van der Waals surface area contributed by atoms with E-state index in [1.165, 1.54) is 24.2 Å². The van der Waals surface area contributed by atoms with Crippen LogP contribution in [0.5, 0.6) is 11.6 Å². The van der Waals surface area contributed by atoms with E-state index in [2.05, 4.69) is 15.3 Å². The Morgan fingerprint density at radius 2 is 2.03 bits per heavy atom. The molecule has 0 saturated heterocycles. The highest BCUT2D eigenvalue weighted by Crippen LogP contribution is 2.40. The fourth-order valence-electron chi connectivity index (χ4n) is 2.82. The number of amides is 2. The Labute approximate surface area is 191 Å². The van der Waals surface area contributed by atoms with Gasteiger partial charge in [0.2, 0.25) is 18.0 Å². The first kappa shape index (κ1) is 22.7. The van der Waals surface area contributed by atoms with Crippen LogP contribution in [-0.4, -0.2) is 35.3 Å². The highest BCUT2D eigenvalue weighted by atomic mass is 35.5. The molecule has 0 fully saturated rings. The third kappa shape index (κ3) is 4.54. The van der Waals surface area contributed by atoms with Crippen molar-refractivity contribution in [3.8, 4) is 17.7 Å². The molecule has 3 rings (SSSR count). The molecule has 2 aromatic carbocycles. The maximum Gasteiger partial charge on any atom is 0.288 e. The average Bonchev–Trinajstić information content (AvgIpc) is 2.75. The maximum absolute atomic E-state index is 12.1. The fourth-order valence-corrected chi connectivity index (χ4v) is 3.37. The predicted octanol–water partition coefficient (Wildman–Crippen LogP) is 2.92. The van der Waals surface area contributed by atoms with Crippen LogP contribution in [-0.2, 0) is 9.59 Å². The number of halogens is 2. The first-order chi connectivity index (χ1) is 15.3. The summed E-state index contributed by atoms with van der Waals surface area (Å²) in [7, 11) is 1.45. The van der Waals surface area contributed by atoms with Crippen molar-refractivity contribution in [1.82, 2.24) is 15.5 Å². The summed E-state index contributed by atoms with van der Waals surface area (Å²) in [5.74, 6) is -0.780. The number of fused-ring (bicyclic) bond motifs is 1. The number of nitrogens with zero attached hydrogens (tertiary/aromatic N) is 4. The summed E-state index contributed by atoms with van der Waals surface area (Å²) in [6.45, 7) is 1.79. The summed E-state index contributed by atoms with van der Waals surface area (Å²) in [5, 5.41) is 23.3. The Morgan fingerprint density at radius 1 is 1.34 bits per heavy atom. The van der Waals surface area contributed by atoms with Crippen molar-refractivity contribution in [3.05, 3.63) is 56.3 Å². The predicted molar refractivity (Wildman–Crippen MR) is 119 cm³/mol. The number of hydrazone groups is 1. The molecular formula is C20H14Cl2N6O4. The number of hydrogen-bond donors (Lipinski definition) is 2. The summed E-state index contributed by atoms with van der Waals surface area (Å²) in [6.07, 6.45) is 0.144. The number of carbonyl (C=O) groups is 2. The van der Waals surface area contributed by atoms with Gasteiger partial charge in [0.25, 0.3) is 11.5 Å². The first-order valence-electron chi connectivity index (χ1n) is 8.88. The molecular weight excluding hydrogens is 459 g/mol. The molecule has 162 valence electrons. The van der Waals surface area contributed by atoms with Crippen LogP contribution in [0, 0.1) is 18.3 Å². The van der Waals surface area contributed by atoms with E-state index in [1.54, 1.807) is 31.2 Å². The van der Waals surface area contributed by atoms with Gasteiger partial charge in [-0.1, -0.05) is 35.3 Å². The van der Waals surface area contributed by atoms with E-state index in [9.17, 15) is 14.4 Å². The monoisotopic (exact) mass is 472 g/mol. The number of nitriles is 1. The van der Waals surface area contributed by atoms with Crippen molar-refractivity contribution < 1.29 is 14.3 Å². The van der Waals surface area contributed by atoms with E-state index >= 15 is 0 Å². The van der Waals surface area contributed by atoms with Gasteiger partial charge in [0, 0.05) is 7.05 Å². The van der Waals surface area contributed by atoms with Gasteiger partial charge in [0.1, 0.15) is 6.07 Å². The normalized spacial score (nSPS) is 11.0. The second-order valence-electron chi connectivity index (χ2n) is 6.37. The van der Waals surface area contributed by atoms with E-state index in [-0.39, 0.29) is 33.6 Å². The number of H-pyrrole nitrogens is 1. The van der Waals surface area contributed by atoms with Gasteiger partial charge in [0.15, 0.2) is 5.75 Å². The third-order valence-corrected chi connectivity index (χ3v) is 4.87. The number of ether oxygens (including phenoxy) is 1. The molecule has 2 N–H and O–H groups in total. The molecule has 3 aromatic rings. The summed E-state index contributed by atoms with van der Waals surface area (Å²) in [5.41, 5.74) is 0.167. The second-order valence-corrected chi connectivity index (χ2v) is 7.19. The van der Waals surface area contributed by atoms with E-state index in [4.69, 9.17) is 33.2 Å².